The fourth-order valence-corrected chi connectivity index (χ4v) is 1.64. The van der Waals surface area contributed by atoms with E-state index in [1.807, 2.05) is 12.2 Å². The minimum atomic E-state index is -0.846. The molecule has 1 N–H and O–H groups in total. The van der Waals surface area contributed by atoms with Crippen molar-refractivity contribution in [2.45, 2.75) is 25.9 Å². The van der Waals surface area contributed by atoms with E-state index >= 15 is 0 Å². The fourth-order valence-electron chi connectivity index (χ4n) is 1.34. The van der Waals surface area contributed by atoms with E-state index in [9.17, 15) is 9.90 Å². The van der Waals surface area contributed by atoms with Crippen LogP contribution < -0.4 is 0 Å². The number of esters is 1. The molecular formula is C11H14O3S. The molecule has 1 aliphatic rings. The average molecular weight is 226 g/mol. The van der Waals surface area contributed by atoms with Gasteiger partial charge < -0.3 is 9.84 Å². The standard InChI is InChI=1S/C11H14O3S/c1-2-14-11(13)7-9(12)8-5-3-4-6-10(8)15/h3-5,9,12H,2,6-7H2,1H3/t9-/m1/s1. The van der Waals surface area contributed by atoms with Crippen LogP contribution in [0.4, 0.5) is 0 Å². The molecule has 3 nitrogen and oxygen atoms in total. The van der Waals surface area contributed by atoms with Crippen LogP contribution in [0.1, 0.15) is 19.8 Å². The predicted octanol–water partition coefficient (Wildman–Crippen LogP) is 1.56. The van der Waals surface area contributed by atoms with Gasteiger partial charge in [-0.1, -0.05) is 30.4 Å². The van der Waals surface area contributed by atoms with E-state index in [2.05, 4.69) is 0 Å². The van der Waals surface area contributed by atoms with Gasteiger partial charge in [0, 0.05) is 11.3 Å². The Morgan fingerprint density at radius 1 is 1.73 bits per heavy atom. The van der Waals surface area contributed by atoms with Gasteiger partial charge in [-0.3, -0.25) is 4.79 Å². The number of rotatable bonds is 4. The maximum atomic E-state index is 11.1. The third-order valence-corrected chi connectivity index (χ3v) is 2.46. The average Bonchev–Trinajstić information content (AvgIpc) is 2.18. The zero-order valence-electron chi connectivity index (χ0n) is 8.60. The van der Waals surface area contributed by atoms with Crippen molar-refractivity contribution >= 4 is 23.1 Å². The molecule has 15 heavy (non-hydrogen) atoms. The monoisotopic (exact) mass is 226 g/mol. The number of carbonyl (C=O) groups excluding carboxylic acids is 1. The Morgan fingerprint density at radius 2 is 2.47 bits per heavy atom. The Morgan fingerprint density at radius 3 is 3.07 bits per heavy atom. The molecule has 0 amide bonds. The number of hydrogen-bond acceptors (Lipinski definition) is 4. The van der Waals surface area contributed by atoms with Gasteiger partial charge in [0.25, 0.3) is 0 Å². The molecule has 0 unspecified atom stereocenters. The van der Waals surface area contributed by atoms with Crippen LogP contribution in [-0.2, 0) is 9.53 Å². The zero-order chi connectivity index (χ0) is 11.3. The molecule has 0 radical (unpaired) electrons. The van der Waals surface area contributed by atoms with Crippen LogP contribution in [0.5, 0.6) is 0 Å². The highest BCUT2D eigenvalue weighted by Crippen LogP contribution is 2.16. The molecule has 1 aliphatic carbocycles. The first-order valence-corrected chi connectivity index (χ1v) is 5.29. The first kappa shape index (κ1) is 12.1. The van der Waals surface area contributed by atoms with Crippen molar-refractivity contribution in [3.05, 3.63) is 23.8 Å². The Balaban J connectivity index is 2.56. The SMILES string of the molecule is CCOC(=O)C[C@@H](O)C1=CC=CCC1=S. The summed E-state index contributed by atoms with van der Waals surface area (Å²) in [6.45, 7) is 2.06. The molecule has 0 aromatic heterocycles. The van der Waals surface area contributed by atoms with E-state index < -0.39 is 12.1 Å². The van der Waals surface area contributed by atoms with Gasteiger partial charge in [-0.25, -0.2) is 0 Å². The quantitative estimate of drug-likeness (QED) is 0.583. The van der Waals surface area contributed by atoms with Crippen molar-refractivity contribution < 1.29 is 14.6 Å². The Kier molecular flexibility index (Phi) is 4.65. The van der Waals surface area contributed by atoms with Crippen LogP contribution in [0, 0.1) is 0 Å². The normalized spacial score (nSPS) is 17.2. The summed E-state index contributed by atoms with van der Waals surface area (Å²) in [4.78, 5) is 11.8. The van der Waals surface area contributed by atoms with E-state index in [1.54, 1.807) is 13.0 Å². The molecule has 4 heteroatoms. The van der Waals surface area contributed by atoms with Crippen LogP contribution in [0.15, 0.2) is 23.8 Å². The molecule has 1 rings (SSSR count). The van der Waals surface area contributed by atoms with Crippen molar-refractivity contribution in [1.29, 1.82) is 0 Å². The Hall–Kier alpha value is -1.00. The summed E-state index contributed by atoms with van der Waals surface area (Å²) < 4.78 is 4.75. The molecule has 0 saturated heterocycles. The first-order valence-electron chi connectivity index (χ1n) is 4.88. The third kappa shape index (κ3) is 3.57. The smallest absolute Gasteiger partial charge is 0.308 e. The number of ether oxygens (including phenoxy) is 1. The van der Waals surface area contributed by atoms with Crippen molar-refractivity contribution in [2.75, 3.05) is 6.61 Å². The maximum Gasteiger partial charge on any atom is 0.308 e. The second kappa shape index (κ2) is 5.78. The lowest BCUT2D eigenvalue weighted by atomic mass is 9.98. The highest BCUT2D eigenvalue weighted by Gasteiger charge is 2.19. The molecule has 1 atom stereocenters. The summed E-state index contributed by atoms with van der Waals surface area (Å²) in [5.74, 6) is -0.400. The van der Waals surface area contributed by atoms with Crippen LogP contribution >= 0.6 is 12.2 Å². The highest BCUT2D eigenvalue weighted by molar-refractivity contribution is 7.80. The Labute approximate surface area is 94.4 Å². The summed E-state index contributed by atoms with van der Waals surface area (Å²) in [7, 11) is 0. The maximum absolute atomic E-state index is 11.1. The number of aliphatic hydroxyl groups is 1. The molecule has 0 aromatic carbocycles. The molecular weight excluding hydrogens is 212 g/mol. The van der Waals surface area contributed by atoms with E-state index in [0.717, 1.165) is 0 Å². The summed E-state index contributed by atoms with van der Waals surface area (Å²) in [5.41, 5.74) is 0.653. The summed E-state index contributed by atoms with van der Waals surface area (Å²) in [5, 5.41) is 9.75. The van der Waals surface area contributed by atoms with Crippen LogP contribution in [-0.4, -0.2) is 28.7 Å². The molecule has 0 aromatic rings. The molecule has 0 spiro atoms. The van der Waals surface area contributed by atoms with Crippen LogP contribution in [0.3, 0.4) is 0 Å². The second-order valence-electron chi connectivity index (χ2n) is 3.20. The molecule has 0 aliphatic heterocycles. The fraction of sp³-hybridized carbons (Fsp3) is 0.455. The summed E-state index contributed by atoms with van der Waals surface area (Å²) in [6.07, 6.45) is 5.27. The Bertz CT molecular complexity index is 318. The van der Waals surface area contributed by atoms with E-state index in [-0.39, 0.29) is 6.42 Å². The van der Waals surface area contributed by atoms with Crippen molar-refractivity contribution in [3.8, 4) is 0 Å². The summed E-state index contributed by atoms with van der Waals surface area (Å²) in [6, 6.07) is 0. The minimum Gasteiger partial charge on any atom is -0.466 e. The second-order valence-corrected chi connectivity index (χ2v) is 3.70. The van der Waals surface area contributed by atoms with E-state index in [0.29, 0.717) is 23.5 Å². The van der Waals surface area contributed by atoms with Gasteiger partial charge in [0.15, 0.2) is 0 Å². The molecule has 0 saturated carbocycles. The van der Waals surface area contributed by atoms with Gasteiger partial charge in [0.05, 0.1) is 19.1 Å². The molecule has 0 bridgehead atoms. The van der Waals surface area contributed by atoms with Crippen molar-refractivity contribution in [2.24, 2.45) is 0 Å². The van der Waals surface area contributed by atoms with Gasteiger partial charge in [-0.05, 0) is 12.5 Å². The van der Waals surface area contributed by atoms with Crippen molar-refractivity contribution in [1.82, 2.24) is 0 Å². The number of allylic oxidation sites excluding steroid dienone is 3. The van der Waals surface area contributed by atoms with Gasteiger partial charge >= 0.3 is 5.97 Å². The van der Waals surface area contributed by atoms with Gasteiger partial charge in [-0.2, -0.15) is 0 Å². The number of hydrogen-bond donors (Lipinski definition) is 1. The lowest BCUT2D eigenvalue weighted by molar-refractivity contribution is -0.144. The van der Waals surface area contributed by atoms with Crippen LogP contribution in [0.2, 0.25) is 0 Å². The third-order valence-electron chi connectivity index (χ3n) is 2.06. The van der Waals surface area contributed by atoms with E-state index in [4.69, 9.17) is 17.0 Å². The van der Waals surface area contributed by atoms with Gasteiger partial charge in [-0.15, -0.1) is 0 Å². The summed E-state index contributed by atoms with van der Waals surface area (Å²) >= 11 is 5.09. The highest BCUT2D eigenvalue weighted by atomic mass is 32.1. The minimum absolute atomic E-state index is 0.0341. The first-order chi connectivity index (χ1) is 7.15. The lowest BCUT2D eigenvalue weighted by Crippen LogP contribution is -2.22. The predicted molar refractivity (Wildman–Crippen MR) is 61.7 cm³/mol. The molecule has 0 fully saturated rings. The van der Waals surface area contributed by atoms with Gasteiger partial charge in [0.1, 0.15) is 0 Å². The number of aliphatic hydroxyl groups excluding tert-OH is 1. The largest absolute Gasteiger partial charge is 0.466 e. The zero-order valence-corrected chi connectivity index (χ0v) is 9.42. The van der Waals surface area contributed by atoms with Gasteiger partial charge in [0.2, 0.25) is 0 Å². The van der Waals surface area contributed by atoms with Crippen LogP contribution in [0.25, 0.3) is 0 Å². The molecule has 82 valence electrons. The number of thiocarbonyl (C=S) groups is 1. The molecule has 0 heterocycles. The topological polar surface area (TPSA) is 46.5 Å². The number of carbonyl (C=O) groups is 1. The lowest BCUT2D eigenvalue weighted by Gasteiger charge is -2.16. The van der Waals surface area contributed by atoms with E-state index in [1.165, 1.54) is 0 Å². The van der Waals surface area contributed by atoms with Crippen molar-refractivity contribution in [3.63, 3.8) is 0 Å².